The molecule has 0 unspecified atom stereocenters. The highest BCUT2D eigenvalue weighted by atomic mass is 15.1. The van der Waals surface area contributed by atoms with E-state index in [0.717, 1.165) is 17.1 Å². The van der Waals surface area contributed by atoms with Crippen LogP contribution in [-0.2, 0) is 21.7 Å². The normalized spacial score (nSPS) is 12.7. The van der Waals surface area contributed by atoms with Gasteiger partial charge in [-0.05, 0) is 142 Å². The van der Waals surface area contributed by atoms with E-state index < -0.39 is 0 Å². The van der Waals surface area contributed by atoms with Gasteiger partial charge < -0.3 is 9.47 Å². The first kappa shape index (κ1) is 49.0. The maximum absolute atomic E-state index is 2.52. The van der Waals surface area contributed by atoms with E-state index in [-0.39, 0.29) is 21.7 Å². The highest BCUT2D eigenvalue weighted by Crippen LogP contribution is 2.49. The summed E-state index contributed by atoms with van der Waals surface area (Å²) < 4.78 is 2.47. The van der Waals surface area contributed by atoms with Crippen LogP contribution >= 0.6 is 0 Å². The molecule has 1 heterocycles. The maximum atomic E-state index is 2.52. The molecule has 0 amide bonds. The molecule has 11 aromatic carbocycles. The van der Waals surface area contributed by atoms with Crippen LogP contribution < -0.4 is 4.90 Å². The van der Waals surface area contributed by atoms with Crippen LogP contribution in [0.2, 0.25) is 0 Å². The van der Waals surface area contributed by atoms with Gasteiger partial charge >= 0.3 is 0 Å². The summed E-state index contributed by atoms with van der Waals surface area (Å²) in [6.45, 7) is 27.8. The van der Waals surface area contributed by atoms with Crippen molar-refractivity contribution < 1.29 is 0 Å². The van der Waals surface area contributed by atoms with E-state index in [0.29, 0.717) is 0 Å². The first-order valence-corrected chi connectivity index (χ1v) is 27.3. The number of rotatable bonds is 7. The summed E-state index contributed by atoms with van der Waals surface area (Å²) in [4.78, 5) is 2.52. The molecule has 0 N–H and O–H groups in total. The lowest BCUT2D eigenvalue weighted by molar-refractivity contribution is 0.568. The monoisotopic (exact) mass is 987 g/mol. The molecule has 0 aliphatic carbocycles. The standard InChI is InChI=1S/C74H70N2/c1-71(2,3)54-41-52(42-55(45-54)72(4,5)6)47-28-34-58(35-29-47)75(64-25-16-13-22-59(64)51-21-19-20-50(40-51)53-43-56(73(7,8)9)46-57(44-53)74(10,11)12)67-38-32-48-31-37-63-68(39-33-49-30-36-62(67)69(48)70(49)63)76-65-26-17-14-23-60(65)61-24-15-18-27-66(61)76/h13-46H,1-12H3. The van der Waals surface area contributed by atoms with Gasteiger partial charge in [-0.25, -0.2) is 0 Å². The molecule has 0 spiro atoms. The lowest BCUT2D eigenvalue weighted by atomic mass is 9.79. The van der Waals surface area contributed by atoms with Gasteiger partial charge in [-0.2, -0.15) is 0 Å². The minimum atomic E-state index is 0.00776. The molecule has 12 rings (SSSR count). The third-order valence-corrected chi connectivity index (χ3v) is 16.1. The van der Waals surface area contributed by atoms with Gasteiger partial charge in [0.1, 0.15) is 0 Å². The molecule has 2 nitrogen and oxygen atoms in total. The summed E-state index contributed by atoms with van der Waals surface area (Å²) in [6.07, 6.45) is 0. The van der Waals surface area contributed by atoms with Crippen molar-refractivity contribution in [3.05, 3.63) is 229 Å². The zero-order valence-corrected chi connectivity index (χ0v) is 46.5. The highest BCUT2D eigenvalue weighted by Gasteiger charge is 2.26. The van der Waals surface area contributed by atoms with Crippen LogP contribution in [0.25, 0.3) is 93.2 Å². The maximum Gasteiger partial charge on any atom is 0.0541 e. The first-order valence-electron chi connectivity index (χ1n) is 27.3. The molecule has 0 aliphatic heterocycles. The fourth-order valence-corrected chi connectivity index (χ4v) is 11.7. The van der Waals surface area contributed by atoms with Crippen LogP contribution in [-0.4, -0.2) is 4.57 Å². The Balaban J connectivity index is 1.08. The van der Waals surface area contributed by atoms with Crippen molar-refractivity contribution >= 4 is 71.2 Å². The van der Waals surface area contributed by atoms with Gasteiger partial charge in [0.2, 0.25) is 0 Å². The predicted molar refractivity (Wildman–Crippen MR) is 330 cm³/mol. The van der Waals surface area contributed by atoms with Gasteiger partial charge in [-0.3, -0.25) is 0 Å². The Hall–Kier alpha value is -7.94. The smallest absolute Gasteiger partial charge is 0.0541 e. The molecule has 12 aromatic rings. The second-order valence-corrected chi connectivity index (χ2v) is 25.5. The summed E-state index contributed by atoms with van der Waals surface area (Å²) in [5.41, 5.74) is 19.7. The van der Waals surface area contributed by atoms with Crippen LogP contribution in [0.1, 0.15) is 105 Å². The zero-order valence-electron chi connectivity index (χ0n) is 46.5. The minimum Gasteiger partial charge on any atom is -0.309 e. The number of aromatic nitrogens is 1. The number of benzene rings is 11. The molecule has 76 heavy (non-hydrogen) atoms. The topological polar surface area (TPSA) is 8.17 Å². The number of anilines is 3. The van der Waals surface area contributed by atoms with Gasteiger partial charge in [-0.15, -0.1) is 0 Å². The first-order chi connectivity index (χ1) is 36.2. The molecular weight excluding hydrogens is 917 g/mol. The fourth-order valence-electron chi connectivity index (χ4n) is 11.7. The second kappa shape index (κ2) is 17.8. The van der Waals surface area contributed by atoms with E-state index in [1.54, 1.807) is 0 Å². The fraction of sp³-hybridized carbons (Fsp3) is 0.216. The van der Waals surface area contributed by atoms with E-state index in [9.17, 15) is 0 Å². The Morgan fingerprint density at radius 2 is 0.763 bits per heavy atom. The molecule has 0 saturated heterocycles. The minimum absolute atomic E-state index is 0.00776. The molecule has 0 aliphatic rings. The van der Waals surface area contributed by atoms with Crippen LogP contribution in [0.15, 0.2) is 206 Å². The number of hydrogen-bond donors (Lipinski definition) is 0. The molecule has 2 heteroatoms. The summed E-state index contributed by atoms with van der Waals surface area (Å²) in [5, 5.41) is 10.0. The summed E-state index contributed by atoms with van der Waals surface area (Å²) in [5.74, 6) is 0. The Bertz CT molecular complexity index is 4070. The van der Waals surface area contributed by atoms with E-state index in [1.165, 1.54) is 115 Å². The van der Waals surface area contributed by atoms with Gasteiger partial charge in [0.15, 0.2) is 0 Å². The quantitative estimate of drug-likeness (QED) is 0.145. The summed E-state index contributed by atoms with van der Waals surface area (Å²) in [7, 11) is 0. The van der Waals surface area contributed by atoms with Crippen LogP contribution in [0.3, 0.4) is 0 Å². The van der Waals surface area contributed by atoms with Crippen LogP contribution in [0.5, 0.6) is 0 Å². The van der Waals surface area contributed by atoms with Gasteiger partial charge in [0.05, 0.1) is 28.1 Å². The van der Waals surface area contributed by atoms with Crippen molar-refractivity contribution in [2.45, 2.75) is 105 Å². The average molecular weight is 987 g/mol. The predicted octanol–water partition coefficient (Wildman–Crippen LogP) is 21.3. The molecule has 0 radical (unpaired) electrons. The van der Waals surface area contributed by atoms with Gasteiger partial charge in [0.25, 0.3) is 0 Å². The molecule has 1 aromatic heterocycles. The van der Waals surface area contributed by atoms with Crippen molar-refractivity contribution in [3.8, 4) is 39.1 Å². The van der Waals surface area contributed by atoms with Crippen molar-refractivity contribution in [1.29, 1.82) is 0 Å². The largest absolute Gasteiger partial charge is 0.309 e. The lowest BCUT2D eigenvalue weighted by Crippen LogP contribution is -2.16. The van der Waals surface area contributed by atoms with Crippen LogP contribution in [0, 0.1) is 0 Å². The van der Waals surface area contributed by atoms with Gasteiger partial charge in [-0.1, -0.05) is 241 Å². The van der Waals surface area contributed by atoms with Crippen LogP contribution in [0.4, 0.5) is 17.1 Å². The Labute approximate surface area is 450 Å². The number of fused-ring (bicyclic) bond motifs is 3. The molecule has 0 saturated carbocycles. The molecule has 0 bridgehead atoms. The number of nitrogens with zero attached hydrogens (tertiary/aromatic N) is 2. The number of para-hydroxylation sites is 3. The van der Waals surface area contributed by atoms with E-state index in [1.807, 2.05) is 0 Å². The average Bonchev–Trinajstić information content (AvgIpc) is 3.91. The number of hydrogen-bond acceptors (Lipinski definition) is 1. The Kier molecular flexibility index (Phi) is 11.5. The van der Waals surface area contributed by atoms with Crippen molar-refractivity contribution in [1.82, 2.24) is 4.57 Å². The van der Waals surface area contributed by atoms with Crippen molar-refractivity contribution in [2.75, 3.05) is 4.90 Å². The third kappa shape index (κ3) is 8.53. The SMILES string of the molecule is CC(C)(C)c1cc(-c2ccc(N(c3ccccc3-c3cccc(-c4cc(C(C)(C)C)cc(C(C)(C)C)c4)c3)c3ccc4ccc5c(-n6c7ccccc7c7ccccc76)ccc6ccc3c4c65)cc2)cc(C(C)(C)C)c1. The van der Waals surface area contributed by atoms with E-state index in [4.69, 9.17) is 0 Å². The van der Waals surface area contributed by atoms with Gasteiger partial charge in [0, 0.05) is 32.8 Å². The van der Waals surface area contributed by atoms with Crippen molar-refractivity contribution in [3.63, 3.8) is 0 Å². The highest BCUT2D eigenvalue weighted by molar-refractivity contribution is 6.27. The Morgan fingerprint density at radius 1 is 0.303 bits per heavy atom. The second-order valence-electron chi connectivity index (χ2n) is 25.5. The lowest BCUT2D eigenvalue weighted by Gasteiger charge is -2.30. The Morgan fingerprint density at radius 3 is 1.33 bits per heavy atom. The third-order valence-electron chi connectivity index (χ3n) is 16.1. The molecular formula is C74H70N2. The molecule has 376 valence electrons. The van der Waals surface area contributed by atoms with E-state index in [2.05, 4.69) is 299 Å². The molecule has 0 fully saturated rings. The van der Waals surface area contributed by atoms with E-state index >= 15 is 0 Å². The van der Waals surface area contributed by atoms with Crippen molar-refractivity contribution in [2.24, 2.45) is 0 Å². The summed E-state index contributed by atoms with van der Waals surface area (Å²) >= 11 is 0. The zero-order chi connectivity index (χ0) is 53.1. The summed E-state index contributed by atoms with van der Waals surface area (Å²) in [6, 6.07) is 78.4. The molecule has 0 atom stereocenters.